The summed E-state index contributed by atoms with van der Waals surface area (Å²) in [6.07, 6.45) is 6.59. The van der Waals surface area contributed by atoms with Crippen LogP contribution in [0.5, 0.6) is 0 Å². The Bertz CT molecular complexity index is 443. The summed E-state index contributed by atoms with van der Waals surface area (Å²) in [7, 11) is 0. The van der Waals surface area contributed by atoms with Gasteiger partial charge in [-0.05, 0) is 63.0 Å². The summed E-state index contributed by atoms with van der Waals surface area (Å²) >= 11 is 0. The molecular formula is C18H30N2. The van der Waals surface area contributed by atoms with E-state index in [9.17, 15) is 0 Å². The molecule has 1 heterocycles. The monoisotopic (exact) mass is 274 g/mol. The zero-order valence-electron chi connectivity index (χ0n) is 13.8. The molecule has 1 aliphatic rings. The van der Waals surface area contributed by atoms with E-state index >= 15 is 0 Å². The summed E-state index contributed by atoms with van der Waals surface area (Å²) in [6.45, 7) is 11.3. The highest BCUT2D eigenvalue weighted by Crippen LogP contribution is 2.40. The SMILES string of the molecule is CCC(C)(C)C1CCC(Nc2ccc(C)nc2C)CC1. The Labute approximate surface area is 124 Å². The Kier molecular flexibility index (Phi) is 4.72. The molecule has 0 radical (unpaired) electrons. The average Bonchev–Trinajstić information content (AvgIpc) is 2.42. The first-order valence-corrected chi connectivity index (χ1v) is 8.13. The zero-order valence-corrected chi connectivity index (χ0v) is 13.8. The predicted octanol–water partition coefficient (Wildman–Crippen LogP) is 5.11. The number of pyridine rings is 1. The lowest BCUT2D eigenvalue weighted by atomic mass is 9.69. The van der Waals surface area contributed by atoms with E-state index in [2.05, 4.69) is 57.1 Å². The molecule has 1 N–H and O–H groups in total. The highest BCUT2D eigenvalue weighted by Gasteiger charge is 2.31. The second-order valence-electron chi connectivity index (χ2n) is 7.12. The van der Waals surface area contributed by atoms with Crippen molar-refractivity contribution >= 4 is 5.69 Å². The number of hydrogen-bond acceptors (Lipinski definition) is 2. The first kappa shape index (κ1) is 15.3. The van der Waals surface area contributed by atoms with Crippen molar-refractivity contribution in [3.8, 4) is 0 Å². The van der Waals surface area contributed by atoms with Crippen molar-refractivity contribution in [3.05, 3.63) is 23.5 Å². The third kappa shape index (κ3) is 3.53. The van der Waals surface area contributed by atoms with Gasteiger partial charge in [0, 0.05) is 11.7 Å². The molecular weight excluding hydrogens is 244 g/mol. The molecule has 0 amide bonds. The van der Waals surface area contributed by atoms with E-state index in [1.807, 2.05) is 0 Å². The van der Waals surface area contributed by atoms with Crippen LogP contribution < -0.4 is 5.32 Å². The number of hydrogen-bond donors (Lipinski definition) is 1. The molecule has 1 saturated carbocycles. The number of nitrogens with zero attached hydrogens (tertiary/aromatic N) is 1. The lowest BCUT2D eigenvalue weighted by molar-refractivity contribution is 0.147. The first-order chi connectivity index (χ1) is 9.42. The van der Waals surface area contributed by atoms with Crippen molar-refractivity contribution in [2.45, 2.75) is 72.8 Å². The summed E-state index contributed by atoms with van der Waals surface area (Å²) in [5.41, 5.74) is 3.95. The Morgan fingerprint density at radius 2 is 1.80 bits per heavy atom. The molecule has 1 aromatic rings. The second-order valence-corrected chi connectivity index (χ2v) is 7.12. The van der Waals surface area contributed by atoms with Crippen molar-refractivity contribution in [2.24, 2.45) is 11.3 Å². The number of aryl methyl sites for hydroxylation is 2. The van der Waals surface area contributed by atoms with Crippen molar-refractivity contribution < 1.29 is 0 Å². The molecule has 20 heavy (non-hydrogen) atoms. The summed E-state index contributed by atoms with van der Waals surface area (Å²) < 4.78 is 0. The van der Waals surface area contributed by atoms with E-state index in [0.717, 1.165) is 17.3 Å². The van der Waals surface area contributed by atoms with Crippen LogP contribution in [0.15, 0.2) is 12.1 Å². The van der Waals surface area contributed by atoms with Gasteiger partial charge in [0.25, 0.3) is 0 Å². The molecule has 0 atom stereocenters. The lowest BCUT2D eigenvalue weighted by Gasteiger charge is -2.39. The van der Waals surface area contributed by atoms with Gasteiger partial charge in [-0.2, -0.15) is 0 Å². The maximum absolute atomic E-state index is 4.54. The van der Waals surface area contributed by atoms with Crippen LogP contribution in [-0.4, -0.2) is 11.0 Å². The van der Waals surface area contributed by atoms with E-state index in [1.165, 1.54) is 37.8 Å². The molecule has 1 fully saturated rings. The molecule has 2 heteroatoms. The molecule has 0 spiro atoms. The van der Waals surface area contributed by atoms with E-state index in [1.54, 1.807) is 0 Å². The Morgan fingerprint density at radius 3 is 2.35 bits per heavy atom. The minimum absolute atomic E-state index is 0.506. The van der Waals surface area contributed by atoms with Gasteiger partial charge in [-0.1, -0.05) is 27.2 Å². The molecule has 2 nitrogen and oxygen atoms in total. The quantitative estimate of drug-likeness (QED) is 0.825. The van der Waals surface area contributed by atoms with Crippen molar-refractivity contribution in [1.29, 1.82) is 0 Å². The standard InChI is InChI=1S/C18H30N2/c1-6-18(4,5)15-8-10-16(11-9-15)20-17-12-7-13(2)19-14(17)3/h7,12,15-16,20H,6,8-11H2,1-5H3. The maximum Gasteiger partial charge on any atom is 0.0606 e. The lowest BCUT2D eigenvalue weighted by Crippen LogP contribution is -2.32. The fraction of sp³-hybridized carbons (Fsp3) is 0.722. The highest BCUT2D eigenvalue weighted by molar-refractivity contribution is 5.48. The number of nitrogens with one attached hydrogen (secondary N) is 1. The Hall–Kier alpha value is -1.05. The summed E-state index contributed by atoms with van der Waals surface area (Å²) in [5.74, 6) is 0.891. The van der Waals surface area contributed by atoms with Crippen molar-refractivity contribution in [2.75, 3.05) is 5.32 Å². The fourth-order valence-corrected chi connectivity index (χ4v) is 3.37. The van der Waals surface area contributed by atoms with E-state index in [-0.39, 0.29) is 0 Å². The summed E-state index contributed by atoms with van der Waals surface area (Å²) in [4.78, 5) is 4.54. The molecule has 112 valence electrons. The fourth-order valence-electron chi connectivity index (χ4n) is 3.37. The van der Waals surface area contributed by atoms with Crippen LogP contribution in [0.2, 0.25) is 0 Å². The van der Waals surface area contributed by atoms with E-state index in [0.29, 0.717) is 11.5 Å². The van der Waals surface area contributed by atoms with Gasteiger partial charge < -0.3 is 5.32 Å². The van der Waals surface area contributed by atoms with E-state index in [4.69, 9.17) is 0 Å². The number of anilines is 1. The van der Waals surface area contributed by atoms with Crippen LogP contribution >= 0.6 is 0 Å². The molecule has 0 saturated heterocycles. The van der Waals surface area contributed by atoms with Crippen LogP contribution in [-0.2, 0) is 0 Å². The van der Waals surface area contributed by atoms with Gasteiger partial charge in [-0.15, -0.1) is 0 Å². The van der Waals surface area contributed by atoms with Gasteiger partial charge in [0.05, 0.1) is 11.4 Å². The third-order valence-electron chi connectivity index (χ3n) is 5.33. The average molecular weight is 274 g/mol. The summed E-state index contributed by atoms with van der Waals surface area (Å²) in [5, 5.41) is 3.70. The molecule has 1 aromatic heterocycles. The van der Waals surface area contributed by atoms with Crippen molar-refractivity contribution in [1.82, 2.24) is 4.98 Å². The van der Waals surface area contributed by atoms with Crippen LogP contribution in [0.3, 0.4) is 0 Å². The van der Waals surface area contributed by atoms with Gasteiger partial charge in [0.2, 0.25) is 0 Å². The van der Waals surface area contributed by atoms with Gasteiger partial charge in [0.1, 0.15) is 0 Å². The Morgan fingerprint density at radius 1 is 1.15 bits per heavy atom. The van der Waals surface area contributed by atoms with Crippen LogP contribution in [0.4, 0.5) is 5.69 Å². The van der Waals surface area contributed by atoms with Gasteiger partial charge in [-0.25, -0.2) is 0 Å². The molecule has 0 aromatic carbocycles. The van der Waals surface area contributed by atoms with Crippen LogP contribution in [0.25, 0.3) is 0 Å². The smallest absolute Gasteiger partial charge is 0.0606 e. The Balaban J connectivity index is 1.91. The molecule has 0 unspecified atom stereocenters. The van der Waals surface area contributed by atoms with E-state index < -0.39 is 0 Å². The largest absolute Gasteiger partial charge is 0.381 e. The van der Waals surface area contributed by atoms with Crippen LogP contribution in [0.1, 0.15) is 64.3 Å². The highest BCUT2D eigenvalue weighted by atomic mass is 14.9. The first-order valence-electron chi connectivity index (χ1n) is 8.13. The summed E-state index contributed by atoms with van der Waals surface area (Å²) in [6, 6.07) is 4.91. The van der Waals surface area contributed by atoms with Gasteiger partial charge >= 0.3 is 0 Å². The molecule has 1 aliphatic carbocycles. The van der Waals surface area contributed by atoms with Gasteiger partial charge in [0.15, 0.2) is 0 Å². The minimum Gasteiger partial charge on any atom is -0.381 e. The third-order valence-corrected chi connectivity index (χ3v) is 5.33. The van der Waals surface area contributed by atoms with Crippen LogP contribution in [0, 0.1) is 25.2 Å². The second kappa shape index (κ2) is 6.15. The molecule has 2 rings (SSSR count). The normalized spacial score (nSPS) is 23.6. The number of rotatable bonds is 4. The molecule has 0 bridgehead atoms. The maximum atomic E-state index is 4.54. The van der Waals surface area contributed by atoms with Crippen molar-refractivity contribution in [3.63, 3.8) is 0 Å². The topological polar surface area (TPSA) is 24.9 Å². The zero-order chi connectivity index (χ0) is 14.8. The molecule has 0 aliphatic heterocycles. The minimum atomic E-state index is 0.506. The van der Waals surface area contributed by atoms with Gasteiger partial charge in [-0.3, -0.25) is 4.98 Å². The predicted molar refractivity (Wildman–Crippen MR) is 87.2 cm³/mol. The number of aromatic nitrogens is 1.